The normalized spacial score (nSPS) is 27.4. The van der Waals surface area contributed by atoms with Crippen LogP contribution in [0.2, 0.25) is 0 Å². The number of piperazine rings is 1. The van der Waals surface area contributed by atoms with E-state index in [2.05, 4.69) is 40.5 Å². The van der Waals surface area contributed by atoms with E-state index in [1.807, 2.05) is 12.4 Å². The van der Waals surface area contributed by atoms with Crippen molar-refractivity contribution in [3.8, 4) is 0 Å². The minimum atomic E-state index is 0.402. The summed E-state index contributed by atoms with van der Waals surface area (Å²) >= 11 is 0. The van der Waals surface area contributed by atoms with Crippen LogP contribution >= 0.6 is 0 Å². The van der Waals surface area contributed by atoms with Crippen LogP contribution in [-0.2, 0) is 0 Å². The van der Waals surface area contributed by atoms with Gasteiger partial charge in [0.1, 0.15) is 5.82 Å². The number of rotatable bonds is 3. The molecule has 1 saturated heterocycles. The van der Waals surface area contributed by atoms with Crippen molar-refractivity contribution in [2.45, 2.75) is 58.4 Å². The van der Waals surface area contributed by atoms with Crippen LogP contribution in [0.5, 0.6) is 0 Å². The van der Waals surface area contributed by atoms with E-state index in [0.29, 0.717) is 5.92 Å². The molecule has 0 N–H and O–H groups in total. The van der Waals surface area contributed by atoms with Gasteiger partial charge in [-0.25, -0.2) is 9.97 Å². The molecule has 2 heterocycles. The Morgan fingerprint density at radius 3 is 2.09 bits per heavy atom. The van der Waals surface area contributed by atoms with Gasteiger partial charge in [0, 0.05) is 38.1 Å². The van der Waals surface area contributed by atoms with E-state index in [1.165, 1.54) is 44.5 Å². The summed E-state index contributed by atoms with van der Waals surface area (Å²) in [5.41, 5.74) is 1.18. The minimum Gasteiger partial charge on any atom is -0.366 e. The molecular formula is C18H30N4. The van der Waals surface area contributed by atoms with Crippen molar-refractivity contribution in [2.24, 2.45) is 5.92 Å². The topological polar surface area (TPSA) is 32.3 Å². The zero-order valence-electron chi connectivity index (χ0n) is 14.3. The van der Waals surface area contributed by atoms with Gasteiger partial charge in [0.2, 0.25) is 0 Å². The molecule has 0 amide bonds. The van der Waals surface area contributed by atoms with E-state index in [9.17, 15) is 0 Å². The van der Waals surface area contributed by atoms with E-state index in [4.69, 9.17) is 0 Å². The molecule has 3 rings (SSSR count). The summed E-state index contributed by atoms with van der Waals surface area (Å²) in [6, 6.07) is 0.831. The van der Waals surface area contributed by atoms with Crippen LogP contribution in [0.25, 0.3) is 0 Å². The molecule has 2 aliphatic rings. The Hall–Kier alpha value is -1.16. The van der Waals surface area contributed by atoms with E-state index in [-0.39, 0.29) is 0 Å². The second-order valence-corrected chi connectivity index (χ2v) is 7.39. The fraction of sp³-hybridized carbons (Fsp3) is 0.778. The van der Waals surface area contributed by atoms with Gasteiger partial charge in [0.25, 0.3) is 0 Å². The minimum absolute atomic E-state index is 0.402. The lowest BCUT2D eigenvalue weighted by Crippen LogP contribution is -2.51. The maximum atomic E-state index is 4.50. The molecule has 0 atom stereocenters. The van der Waals surface area contributed by atoms with Crippen LogP contribution in [-0.4, -0.2) is 47.1 Å². The molecule has 0 spiro atoms. The monoisotopic (exact) mass is 302 g/mol. The second kappa shape index (κ2) is 6.95. The highest BCUT2D eigenvalue weighted by Gasteiger charge is 2.27. The molecule has 0 aromatic carbocycles. The molecule has 1 saturated carbocycles. The van der Waals surface area contributed by atoms with Gasteiger partial charge in [-0.1, -0.05) is 20.8 Å². The standard InChI is InChI=1S/C18H30N4/c1-14(2)18-19-12-17(13-20-18)22-10-8-21(9-11-22)16-6-4-15(3)5-7-16/h12-16H,4-11H2,1-3H3/t15-,16-. The Labute approximate surface area is 134 Å². The molecule has 1 aromatic rings. The Morgan fingerprint density at radius 1 is 0.955 bits per heavy atom. The zero-order chi connectivity index (χ0) is 15.5. The highest BCUT2D eigenvalue weighted by molar-refractivity contribution is 5.42. The quantitative estimate of drug-likeness (QED) is 0.857. The lowest BCUT2D eigenvalue weighted by molar-refractivity contribution is 0.133. The van der Waals surface area contributed by atoms with Gasteiger partial charge in [0.15, 0.2) is 0 Å². The summed E-state index contributed by atoms with van der Waals surface area (Å²) < 4.78 is 0. The van der Waals surface area contributed by atoms with E-state index in [0.717, 1.165) is 30.9 Å². The third-order valence-electron chi connectivity index (χ3n) is 5.36. The summed E-state index contributed by atoms with van der Waals surface area (Å²) in [6.45, 7) is 11.3. The Balaban J connectivity index is 1.53. The predicted octanol–water partition coefficient (Wildman–Crippen LogP) is 3.30. The number of hydrogen-bond donors (Lipinski definition) is 0. The molecule has 0 bridgehead atoms. The van der Waals surface area contributed by atoms with Crippen LogP contribution in [0.4, 0.5) is 5.69 Å². The third-order valence-corrected chi connectivity index (χ3v) is 5.36. The van der Waals surface area contributed by atoms with E-state index < -0.39 is 0 Å². The molecule has 1 aromatic heterocycles. The summed E-state index contributed by atoms with van der Waals surface area (Å²) in [4.78, 5) is 14.2. The first-order valence-corrected chi connectivity index (χ1v) is 8.94. The van der Waals surface area contributed by atoms with Gasteiger partial charge in [-0.3, -0.25) is 4.90 Å². The summed E-state index contributed by atoms with van der Waals surface area (Å²) in [6.07, 6.45) is 9.62. The first kappa shape index (κ1) is 15.7. The average molecular weight is 302 g/mol. The maximum Gasteiger partial charge on any atom is 0.130 e. The smallest absolute Gasteiger partial charge is 0.130 e. The highest BCUT2D eigenvalue weighted by Crippen LogP contribution is 2.28. The van der Waals surface area contributed by atoms with E-state index in [1.54, 1.807) is 0 Å². The molecule has 4 nitrogen and oxygen atoms in total. The average Bonchev–Trinajstić information content (AvgIpc) is 2.56. The van der Waals surface area contributed by atoms with Crippen molar-refractivity contribution in [3.05, 3.63) is 18.2 Å². The molecular weight excluding hydrogens is 272 g/mol. The van der Waals surface area contributed by atoms with Gasteiger partial charge < -0.3 is 4.90 Å². The van der Waals surface area contributed by atoms with Crippen LogP contribution < -0.4 is 4.90 Å². The third kappa shape index (κ3) is 3.60. The van der Waals surface area contributed by atoms with Crippen molar-refractivity contribution in [2.75, 3.05) is 31.1 Å². The maximum absolute atomic E-state index is 4.50. The Kier molecular flexibility index (Phi) is 4.97. The van der Waals surface area contributed by atoms with Gasteiger partial charge in [-0.2, -0.15) is 0 Å². The Bertz CT molecular complexity index is 454. The molecule has 4 heteroatoms. The van der Waals surface area contributed by atoms with Crippen LogP contribution in [0.15, 0.2) is 12.4 Å². The van der Waals surface area contributed by atoms with Crippen molar-refractivity contribution >= 4 is 5.69 Å². The van der Waals surface area contributed by atoms with Crippen LogP contribution in [0.3, 0.4) is 0 Å². The number of nitrogens with zero attached hydrogens (tertiary/aromatic N) is 4. The second-order valence-electron chi connectivity index (χ2n) is 7.39. The van der Waals surface area contributed by atoms with E-state index >= 15 is 0 Å². The lowest BCUT2D eigenvalue weighted by Gasteiger charge is -2.42. The van der Waals surface area contributed by atoms with Gasteiger partial charge >= 0.3 is 0 Å². The predicted molar refractivity (Wildman–Crippen MR) is 91.3 cm³/mol. The summed E-state index contributed by atoms with van der Waals surface area (Å²) in [5.74, 6) is 2.28. The molecule has 1 aliphatic heterocycles. The van der Waals surface area contributed by atoms with Gasteiger partial charge in [-0.15, -0.1) is 0 Å². The molecule has 0 radical (unpaired) electrons. The zero-order valence-corrected chi connectivity index (χ0v) is 14.3. The van der Waals surface area contributed by atoms with Gasteiger partial charge in [0.05, 0.1) is 18.1 Å². The van der Waals surface area contributed by atoms with Crippen LogP contribution in [0, 0.1) is 5.92 Å². The summed E-state index contributed by atoms with van der Waals surface area (Å²) in [7, 11) is 0. The molecule has 22 heavy (non-hydrogen) atoms. The number of anilines is 1. The molecule has 1 aliphatic carbocycles. The molecule has 2 fully saturated rings. The summed E-state index contributed by atoms with van der Waals surface area (Å²) in [5, 5.41) is 0. The largest absolute Gasteiger partial charge is 0.366 e. The molecule has 0 unspecified atom stereocenters. The fourth-order valence-corrected chi connectivity index (χ4v) is 3.75. The van der Waals surface area contributed by atoms with Gasteiger partial charge in [-0.05, 0) is 31.6 Å². The first-order chi connectivity index (χ1) is 10.6. The SMILES string of the molecule is CC(C)c1ncc(N2CCN([C@H]3CC[C@H](C)CC3)CC2)cn1. The molecule has 122 valence electrons. The number of hydrogen-bond acceptors (Lipinski definition) is 4. The van der Waals surface area contributed by atoms with Crippen molar-refractivity contribution in [1.29, 1.82) is 0 Å². The number of aromatic nitrogens is 2. The fourth-order valence-electron chi connectivity index (χ4n) is 3.75. The van der Waals surface area contributed by atoms with Crippen molar-refractivity contribution in [1.82, 2.24) is 14.9 Å². The van der Waals surface area contributed by atoms with Crippen molar-refractivity contribution in [3.63, 3.8) is 0 Å². The van der Waals surface area contributed by atoms with Crippen molar-refractivity contribution < 1.29 is 0 Å². The lowest BCUT2D eigenvalue weighted by atomic mass is 9.86. The first-order valence-electron chi connectivity index (χ1n) is 8.94. The van der Waals surface area contributed by atoms with Crippen LogP contribution in [0.1, 0.15) is 58.2 Å². The highest BCUT2D eigenvalue weighted by atomic mass is 15.3. The Morgan fingerprint density at radius 2 is 1.55 bits per heavy atom.